The van der Waals surface area contributed by atoms with Gasteiger partial charge in [-0.15, -0.1) is 0 Å². The van der Waals surface area contributed by atoms with Crippen LogP contribution in [0.3, 0.4) is 0 Å². The Hall–Kier alpha value is -2.82. The van der Waals surface area contributed by atoms with Gasteiger partial charge in [0.05, 0.1) is 11.8 Å². The fraction of sp³-hybridized carbons (Fsp3) is 0.222. The zero-order chi connectivity index (χ0) is 15.6. The van der Waals surface area contributed by atoms with E-state index in [1.807, 2.05) is 29.2 Å². The number of anilines is 1. The molecular formula is C18H17N3O2. The standard InChI is InChI=1S/C18H17N3O2/c22-18(16-6-3-13-23-16)21-11-9-20(10-12-21)17-8-7-14-4-1-2-5-15(14)19-17/h1-8,13H,9-12H2. The molecule has 1 amide bonds. The number of rotatable bonds is 2. The van der Waals surface area contributed by atoms with Crippen molar-refractivity contribution in [2.24, 2.45) is 0 Å². The molecular weight excluding hydrogens is 290 g/mol. The van der Waals surface area contributed by atoms with Crippen LogP contribution >= 0.6 is 0 Å². The van der Waals surface area contributed by atoms with Crippen LogP contribution in [0.25, 0.3) is 10.9 Å². The molecule has 3 aromatic rings. The number of furan rings is 1. The number of hydrogen-bond acceptors (Lipinski definition) is 4. The van der Waals surface area contributed by atoms with Crippen molar-refractivity contribution in [2.75, 3.05) is 31.1 Å². The molecule has 0 N–H and O–H groups in total. The van der Waals surface area contributed by atoms with E-state index in [-0.39, 0.29) is 5.91 Å². The molecule has 0 aliphatic carbocycles. The Morgan fingerprint density at radius 1 is 0.957 bits per heavy atom. The summed E-state index contributed by atoms with van der Waals surface area (Å²) in [7, 11) is 0. The van der Waals surface area contributed by atoms with Gasteiger partial charge in [0.25, 0.3) is 5.91 Å². The number of amides is 1. The second-order valence-electron chi connectivity index (χ2n) is 5.62. The summed E-state index contributed by atoms with van der Waals surface area (Å²) in [5, 5.41) is 1.14. The number of hydrogen-bond donors (Lipinski definition) is 0. The zero-order valence-corrected chi connectivity index (χ0v) is 12.7. The van der Waals surface area contributed by atoms with Gasteiger partial charge in [-0.25, -0.2) is 4.98 Å². The van der Waals surface area contributed by atoms with Gasteiger partial charge in [-0.2, -0.15) is 0 Å². The number of aromatic nitrogens is 1. The molecule has 0 spiro atoms. The van der Waals surface area contributed by atoms with Crippen molar-refractivity contribution in [1.82, 2.24) is 9.88 Å². The largest absolute Gasteiger partial charge is 0.459 e. The lowest BCUT2D eigenvalue weighted by molar-refractivity contribution is 0.0714. The van der Waals surface area contributed by atoms with Crippen molar-refractivity contribution in [3.63, 3.8) is 0 Å². The van der Waals surface area contributed by atoms with Crippen LogP contribution in [0.5, 0.6) is 0 Å². The summed E-state index contributed by atoms with van der Waals surface area (Å²) in [6.07, 6.45) is 1.53. The lowest BCUT2D eigenvalue weighted by Crippen LogP contribution is -2.49. The van der Waals surface area contributed by atoms with Gasteiger partial charge in [-0.3, -0.25) is 4.79 Å². The van der Waals surface area contributed by atoms with E-state index in [9.17, 15) is 4.79 Å². The predicted molar refractivity (Wildman–Crippen MR) is 88.6 cm³/mol. The van der Waals surface area contributed by atoms with Gasteiger partial charge in [-0.05, 0) is 30.3 Å². The normalized spacial score (nSPS) is 15.1. The number of carbonyl (C=O) groups is 1. The van der Waals surface area contributed by atoms with Crippen LogP contribution in [0.15, 0.2) is 59.2 Å². The number of carbonyl (C=O) groups excluding carboxylic acids is 1. The molecule has 2 aromatic heterocycles. The highest BCUT2D eigenvalue weighted by Gasteiger charge is 2.24. The molecule has 0 atom stereocenters. The summed E-state index contributed by atoms with van der Waals surface area (Å²) in [6, 6.07) is 15.7. The fourth-order valence-corrected chi connectivity index (χ4v) is 2.93. The third-order valence-electron chi connectivity index (χ3n) is 4.21. The molecule has 0 radical (unpaired) electrons. The Bertz CT molecular complexity index is 821. The third-order valence-corrected chi connectivity index (χ3v) is 4.21. The summed E-state index contributed by atoms with van der Waals surface area (Å²) in [5.74, 6) is 1.33. The maximum absolute atomic E-state index is 12.3. The quantitative estimate of drug-likeness (QED) is 0.730. The Labute approximate surface area is 134 Å². The van der Waals surface area contributed by atoms with E-state index in [4.69, 9.17) is 9.40 Å². The van der Waals surface area contributed by atoms with Crippen LogP contribution in [0.1, 0.15) is 10.6 Å². The lowest BCUT2D eigenvalue weighted by atomic mass is 10.2. The lowest BCUT2D eigenvalue weighted by Gasteiger charge is -2.35. The third kappa shape index (κ3) is 2.65. The molecule has 4 rings (SSSR count). The summed E-state index contributed by atoms with van der Waals surface area (Å²) in [4.78, 5) is 21.0. The Morgan fingerprint density at radius 2 is 1.78 bits per heavy atom. The number of nitrogens with zero attached hydrogens (tertiary/aromatic N) is 3. The Kier molecular flexibility index (Phi) is 3.46. The van der Waals surface area contributed by atoms with Crippen molar-refractivity contribution < 1.29 is 9.21 Å². The molecule has 0 unspecified atom stereocenters. The van der Waals surface area contributed by atoms with Gasteiger partial charge in [0.1, 0.15) is 5.82 Å². The minimum absolute atomic E-state index is 0.0406. The molecule has 1 aliphatic rings. The van der Waals surface area contributed by atoms with Gasteiger partial charge in [0.2, 0.25) is 0 Å². The fourth-order valence-electron chi connectivity index (χ4n) is 2.93. The summed E-state index contributed by atoms with van der Waals surface area (Å²) in [5.41, 5.74) is 0.999. The SMILES string of the molecule is O=C(c1ccco1)N1CCN(c2ccc3ccccc3n2)CC1. The van der Waals surface area contributed by atoms with Crippen molar-refractivity contribution in [2.45, 2.75) is 0 Å². The van der Waals surface area contributed by atoms with Crippen LogP contribution < -0.4 is 4.90 Å². The molecule has 1 aromatic carbocycles. The first-order valence-corrected chi connectivity index (χ1v) is 7.75. The van der Waals surface area contributed by atoms with Crippen LogP contribution in [0.2, 0.25) is 0 Å². The molecule has 1 aliphatic heterocycles. The van der Waals surface area contributed by atoms with Crippen molar-refractivity contribution in [1.29, 1.82) is 0 Å². The average Bonchev–Trinajstić information content (AvgIpc) is 3.15. The highest BCUT2D eigenvalue weighted by molar-refractivity contribution is 5.91. The van der Waals surface area contributed by atoms with E-state index in [2.05, 4.69) is 17.0 Å². The molecule has 0 bridgehead atoms. The second-order valence-corrected chi connectivity index (χ2v) is 5.62. The zero-order valence-electron chi connectivity index (χ0n) is 12.7. The number of fused-ring (bicyclic) bond motifs is 1. The predicted octanol–water partition coefficient (Wildman–Crippen LogP) is 2.79. The monoisotopic (exact) mass is 307 g/mol. The molecule has 0 saturated carbocycles. The van der Waals surface area contributed by atoms with Crippen LogP contribution in [0, 0.1) is 0 Å². The number of piperazine rings is 1. The van der Waals surface area contributed by atoms with Crippen molar-refractivity contribution in [3.05, 3.63) is 60.6 Å². The molecule has 1 fully saturated rings. The number of pyridine rings is 1. The minimum Gasteiger partial charge on any atom is -0.459 e. The first-order valence-electron chi connectivity index (χ1n) is 7.75. The Morgan fingerprint density at radius 3 is 2.57 bits per heavy atom. The van der Waals surface area contributed by atoms with E-state index < -0.39 is 0 Å². The van der Waals surface area contributed by atoms with E-state index in [1.54, 1.807) is 12.1 Å². The summed E-state index contributed by atoms with van der Waals surface area (Å²) in [6.45, 7) is 2.90. The van der Waals surface area contributed by atoms with Crippen molar-refractivity contribution in [3.8, 4) is 0 Å². The van der Waals surface area contributed by atoms with Gasteiger partial charge < -0.3 is 14.2 Å². The molecule has 23 heavy (non-hydrogen) atoms. The molecule has 5 nitrogen and oxygen atoms in total. The van der Waals surface area contributed by atoms with Gasteiger partial charge in [0.15, 0.2) is 5.76 Å². The maximum Gasteiger partial charge on any atom is 0.289 e. The minimum atomic E-state index is -0.0406. The molecule has 3 heterocycles. The van der Waals surface area contributed by atoms with Gasteiger partial charge in [-0.1, -0.05) is 18.2 Å². The van der Waals surface area contributed by atoms with Crippen LogP contribution in [-0.4, -0.2) is 42.0 Å². The van der Waals surface area contributed by atoms with E-state index >= 15 is 0 Å². The first kappa shape index (κ1) is 13.8. The summed E-state index contributed by atoms with van der Waals surface area (Å²) >= 11 is 0. The van der Waals surface area contributed by atoms with E-state index in [1.165, 1.54) is 6.26 Å². The first-order chi connectivity index (χ1) is 11.3. The van der Waals surface area contributed by atoms with E-state index in [0.29, 0.717) is 18.8 Å². The maximum atomic E-state index is 12.3. The van der Waals surface area contributed by atoms with Crippen molar-refractivity contribution >= 4 is 22.6 Å². The van der Waals surface area contributed by atoms with Gasteiger partial charge in [0, 0.05) is 31.6 Å². The topological polar surface area (TPSA) is 49.6 Å². The highest BCUT2D eigenvalue weighted by atomic mass is 16.3. The molecule has 1 saturated heterocycles. The highest BCUT2D eigenvalue weighted by Crippen LogP contribution is 2.19. The Balaban J connectivity index is 1.47. The van der Waals surface area contributed by atoms with Crippen LogP contribution in [-0.2, 0) is 0 Å². The smallest absolute Gasteiger partial charge is 0.289 e. The molecule has 5 heteroatoms. The second kappa shape index (κ2) is 5.76. The van der Waals surface area contributed by atoms with E-state index in [0.717, 1.165) is 29.8 Å². The van der Waals surface area contributed by atoms with Gasteiger partial charge >= 0.3 is 0 Å². The van der Waals surface area contributed by atoms with Crippen LogP contribution in [0.4, 0.5) is 5.82 Å². The molecule has 116 valence electrons. The average molecular weight is 307 g/mol. The summed E-state index contributed by atoms with van der Waals surface area (Å²) < 4.78 is 5.19. The number of para-hydroxylation sites is 1. The number of benzene rings is 1.